The van der Waals surface area contributed by atoms with E-state index in [-0.39, 0.29) is 31.1 Å². The van der Waals surface area contributed by atoms with Crippen LogP contribution in [0.1, 0.15) is 271 Å². The smallest absolute Gasteiger partial charge is 0.306 e. The molecule has 0 aliphatic rings. The Hall–Kier alpha value is -3.93. The molecule has 0 aromatic rings. The summed E-state index contributed by atoms with van der Waals surface area (Å²) in [6.45, 7) is 6.44. The van der Waals surface area contributed by atoms with E-state index in [1.807, 2.05) is 0 Å². The van der Waals surface area contributed by atoms with Crippen LogP contribution in [0.2, 0.25) is 0 Å². The summed E-state index contributed by atoms with van der Waals surface area (Å²) in [6, 6.07) is 0. The first-order chi connectivity index (χ1) is 35.5. The van der Waals surface area contributed by atoms with Crippen LogP contribution in [0.3, 0.4) is 0 Å². The third-order valence-electron chi connectivity index (χ3n) is 12.5. The molecule has 0 N–H and O–H groups in total. The van der Waals surface area contributed by atoms with Gasteiger partial charge in [-0.2, -0.15) is 0 Å². The molecule has 0 saturated carbocycles. The van der Waals surface area contributed by atoms with E-state index in [0.29, 0.717) is 19.3 Å². The average molecular weight is 1000 g/mol. The first kappa shape index (κ1) is 68.1. The van der Waals surface area contributed by atoms with E-state index in [2.05, 4.69) is 130 Å². The predicted octanol–water partition coefficient (Wildman–Crippen LogP) is 20.3. The normalized spacial score (nSPS) is 12.9. The van der Waals surface area contributed by atoms with Crippen molar-refractivity contribution in [3.63, 3.8) is 0 Å². The molecule has 0 aliphatic carbocycles. The third-order valence-corrected chi connectivity index (χ3v) is 12.5. The zero-order valence-corrected chi connectivity index (χ0v) is 46.9. The number of carbonyl (C=O) groups excluding carboxylic acids is 3. The molecule has 410 valence electrons. The standard InChI is InChI=1S/C66H110O6/c1-4-7-10-13-16-19-22-24-25-26-27-28-29-30-31-32-33-34-35-36-37-38-39-40-41-42-45-47-50-53-56-59-65(68)71-62-63(61-70-64(67)58-55-52-49-46-43-21-18-15-12-9-6-3)72-66(69)60-57-54-51-48-44-23-20-17-14-11-8-5-2/h7,10,15-20,24-25,27-28,30-31,33-34,36-37,63H,4-6,8-9,11-14,21-23,26,29,32,35,38-62H2,1-3H3/b10-7-,18-15-,19-16-,20-17-,25-24-,28-27-,31-30-,34-33-,37-36-. The van der Waals surface area contributed by atoms with E-state index in [9.17, 15) is 14.4 Å². The SMILES string of the molecule is CC/C=C\C/C=C\C/C=C\C/C=C\C/C=C\C/C=C\C/C=C\CCCCCCCCCCCC(=O)OCC(COC(=O)CCCCCCC/C=C\CCCC)OC(=O)CCCCCCC/C=C\CCCCC. The van der Waals surface area contributed by atoms with Crippen LogP contribution in [0.25, 0.3) is 0 Å². The monoisotopic (exact) mass is 999 g/mol. The molecule has 6 heteroatoms. The number of rotatable bonds is 53. The van der Waals surface area contributed by atoms with Gasteiger partial charge in [0.1, 0.15) is 13.2 Å². The molecule has 0 bridgehead atoms. The molecule has 6 nitrogen and oxygen atoms in total. The van der Waals surface area contributed by atoms with Crippen molar-refractivity contribution in [2.75, 3.05) is 13.2 Å². The number of hydrogen-bond donors (Lipinski definition) is 0. The molecular weight excluding hydrogens is 889 g/mol. The Morgan fingerprint density at radius 3 is 0.903 bits per heavy atom. The summed E-state index contributed by atoms with van der Waals surface area (Å²) >= 11 is 0. The van der Waals surface area contributed by atoms with Gasteiger partial charge in [-0.3, -0.25) is 14.4 Å². The molecule has 1 unspecified atom stereocenters. The van der Waals surface area contributed by atoms with Crippen molar-refractivity contribution in [3.05, 3.63) is 109 Å². The lowest BCUT2D eigenvalue weighted by atomic mass is 10.1. The minimum absolute atomic E-state index is 0.0873. The van der Waals surface area contributed by atoms with Gasteiger partial charge < -0.3 is 14.2 Å². The van der Waals surface area contributed by atoms with Gasteiger partial charge >= 0.3 is 17.9 Å². The van der Waals surface area contributed by atoms with Gasteiger partial charge in [0, 0.05) is 19.3 Å². The number of ether oxygens (including phenoxy) is 3. The molecule has 0 aliphatic heterocycles. The summed E-state index contributed by atoms with van der Waals surface area (Å²) in [5.41, 5.74) is 0. The van der Waals surface area contributed by atoms with E-state index in [0.717, 1.165) is 128 Å². The zero-order chi connectivity index (χ0) is 52.2. The number of unbranched alkanes of at least 4 members (excludes halogenated alkanes) is 24. The molecule has 0 saturated heterocycles. The molecule has 0 heterocycles. The van der Waals surface area contributed by atoms with E-state index in [1.165, 1.54) is 103 Å². The molecule has 0 aromatic carbocycles. The molecule has 0 fully saturated rings. The predicted molar refractivity (Wildman–Crippen MR) is 311 cm³/mol. The molecule has 0 radical (unpaired) electrons. The van der Waals surface area contributed by atoms with E-state index >= 15 is 0 Å². The summed E-state index contributed by atoms with van der Waals surface area (Å²) in [5, 5.41) is 0. The lowest BCUT2D eigenvalue weighted by molar-refractivity contribution is -0.167. The second kappa shape index (κ2) is 59.6. The maximum atomic E-state index is 12.8. The van der Waals surface area contributed by atoms with Gasteiger partial charge in [0.15, 0.2) is 6.10 Å². The minimum atomic E-state index is -0.788. The molecular formula is C66H110O6. The maximum absolute atomic E-state index is 12.8. The van der Waals surface area contributed by atoms with Gasteiger partial charge in [-0.25, -0.2) is 0 Å². The van der Waals surface area contributed by atoms with E-state index in [4.69, 9.17) is 14.2 Å². The lowest BCUT2D eigenvalue weighted by Gasteiger charge is -2.18. The van der Waals surface area contributed by atoms with E-state index < -0.39 is 6.10 Å². The highest BCUT2D eigenvalue weighted by molar-refractivity contribution is 5.71. The molecule has 0 rings (SSSR count). The van der Waals surface area contributed by atoms with Gasteiger partial charge in [0.2, 0.25) is 0 Å². The highest BCUT2D eigenvalue weighted by atomic mass is 16.6. The van der Waals surface area contributed by atoms with Crippen molar-refractivity contribution in [2.45, 2.75) is 277 Å². The molecule has 0 aromatic heterocycles. The summed E-state index contributed by atoms with van der Waals surface area (Å²) in [6.07, 6.45) is 80.9. The summed E-state index contributed by atoms with van der Waals surface area (Å²) in [5.74, 6) is -0.912. The molecule has 1 atom stereocenters. The summed E-state index contributed by atoms with van der Waals surface area (Å²) in [4.78, 5) is 38.1. The third kappa shape index (κ3) is 57.0. The van der Waals surface area contributed by atoms with Crippen molar-refractivity contribution in [3.8, 4) is 0 Å². The van der Waals surface area contributed by atoms with Crippen molar-refractivity contribution < 1.29 is 28.6 Å². The van der Waals surface area contributed by atoms with Crippen LogP contribution in [0.5, 0.6) is 0 Å². The summed E-state index contributed by atoms with van der Waals surface area (Å²) < 4.78 is 16.8. The Bertz CT molecular complexity index is 1470. The number of allylic oxidation sites excluding steroid dienone is 18. The maximum Gasteiger partial charge on any atom is 0.306 e. The van der Waals surface area contributed by atoms with Crippen molar-refractivity contribution in [1.82, 2.24) is 0 Å². The van der Waals surface area contributed by atoms with Crippen LogP contribution >= 0.6 is 0 Å². The Morgan fingerprint density at radius 1 is 0.292 bits per heavy atom. The first-order valence-corrected chi connectivity index (χ1v) is 29.9. The Kier molecular flexibility index (Phi) is 56.4. The fourth-order valence-electron chi connectivity index (χ4n) is 7.99. The summed E-state index contributed by atoms with van der Waals surface area (Å²) in [7, 11) is 0. The van der Waals surface area contributed by atoms with Crippen LogP contribution in [0, 0.1) is 0 Å². The average Bonchev–Trinajstić information content (AvgIpc) is 3.38. The Balaban J connectivity index is 4.20. The Labute approximate surface area is 444 Å². The van der Waals surface area contributed by atoms with Gasteiger partial charge in [-0.15, -0.1) is 0 Å². The number of carbonyl (C=O) groups is 3. The lowest BCUT2D eigenvalue weighted by Crippen LogP contribution is -2.30. The van der Waals surface area contributed by atoms with Crippen molar-refractivity contribution in [1.29, 1.82) is 0 Å². The van der Waals surface area contributed by atoms with Gasteiger partial charge in [0.25, 0.3) is 0 Å². The van der Waals surface area contributed by atoms with Crippen LogP contribution in [-0.4, -0.2) is 37.2 Å². The van der Waals surface area contributed by atoms with Crippen molar-refractivity contribution in [2.24, 2.45) is 0 Å². The zero-order valence-electron chi connectivity index (χ0n) is 46.9. The van der Waals surface area contributed by atoms with Crippen molar-refractivity contribution >= 4 is 17.9 Å². The second-order valence-corrected chi connectivity index (χ2v) is 19.5. The quantitative estimate of drug-likeness (QED) is 0.0261. The van der Waals surface area contributed by atoms with Crippen LogP contribution in [-0.2, 0) is 28.6 Å². The highest BCUT2D eigenvalue weighted by Crippen LogP contribution is 2.15. The first-order valence-electron chi connectivity index (χ1n) is 29.9. The molecule has 72 heavy (non-hydrogen) atoms. The fourth-order valence-corrected chi connectivity index (χ4v) is 7.99. The van der Waals surface area contributed by atoms with Gasteiger partial charge in [0.05, 0.1) is 0 Å². The topological polar surface area (TPSA) is 78.9 Å². The van der Waals surface area contributed by atoms with Gasteiger partial charge in [-0.1, -0.05) is 239 Å². The van der Waals surface area contributed by atoms with Crippen LogP contribution in [0.15, 0.2) is 109 Å². The second-order valence-electron chi connectivity index (χ2n) is 19.5. The number of esters is 3. The highest BCUT2D eigenvalue weighted by Gasteiger charge is 2.19. The minimum Gasteiger partial charge on any atom is -0.462 e. The van der Waals surface area contributed by atoms with Gasteiger partial charge in [-0.05, 0) is 122 Å². The van der Waals surface area contributed by atoms with E-state index in [1.54, 1.807) is 0 Å². The molecule has 0 amide bonds. The number of hydrogen-bond acceptors (Lipinski definition) is 6. The fraction of sp³-hybridized carbons (Fsp3) is 0.682. The Morgan fingerprint density at radius 2 is 0.556 bits per heavy atom. The van der Waals surface area contributed by atoms with Crippen LogP contribution < -0.4 is 0 Å². The van der Waals surface area contributed by atoms with Crippen LogP contribution in [0.4, 0.5) is 0 Å². The largest absolute Gasteiger partial charge is 0.462 e. The molecule has 0 spiro atoms.